The maximum atomic E-state index is 13.3. The first-order valence-corrected chi connectivity index (χ1v) is 5.91. The van der Waals surface area contributed by atoms with E-state index in [-0.39, 0.29) is 5.15 Å². The summed E-state index contributed by atoms with van der Waals surface area (Å²) in [5.74, 6) is 0.365. The van der Waals surface area contributed by atoms with E-state index in [0.717, 1.165) is 31.2 Å². The average Bonchev–Trinajstić information content (AvgIpc) is 2.24. The number of hydrogen-bond acceptors (Lipinski definition) is 3. The molecule has 1 N–H and O–H groups in total. The third kappa shape index (κ3) is 1.66. The number of nitrogens with zero attached hydrogens (tertiary/aromatic N) is 2. The Hall–Kier alpha value is -0.870. The second-order valence-corrected chi connectivity index (χ2v) is 4.83. The lowest BCUT2D eigenvalue weighted by Gasteiger charge is -2.46. The molecular weight excluding hydrogens is 229 g/mol. The molecule has 2 aliphatic heterocycles. The summed E-state index contributed by atoms with van der Waals surface area (Å²) in [5.41, 5.74) is 0.828. The van der Waals surface area contributed by atoms with E-state index in [0.29, 0.717) is 6.04 Å². The molecule has 0 bridgehead atoms. The predicted molar refractivity (Wildman–Crippen MR) is 61.3 cm³/mol. The van der Waals surface area contributed by atoms with Gasteiger partial charge in [-0.25, -0.2) is 9.37 Å². The van der Waals surface area contributed by atoms with Gasteiger partial charge in [-0.3, -0.25) is 0 Å². The Balaban J connectivity index is 1.78. The van der Waals surface area contributed by atoms with Gasteiger partial charge in [-0.1, -0.05) is 11.6 Å². The van der Waals surface area contributed by atoms with Crippen molar-refractivity contribution in [2.45, 2.75) is 12.5 Å². The van der Waals surface area contributed by atoms with Crippen LogP contribution in [0.5, 0.6) is 0 Å². The van der Waals surface area contributed by atoms with Gasteiger partial charge < -0.3 is 10.2 Å². The lowest BCUT2D eigenvalue weighted by molar-refractivity contribution is 0.197. The van der Waals surface area contributed by atoms with Crippen LogP contribution in [0.1, 0.15) is 6.42 Å². The Labute approximate surface area is 98.6 Å². The fourth-order valence-corrected chi connectivity index (χ4v) is 2.54. The van der Waals surface area contributed by atoms with Gasteiger partial charge in [0.25, 0.3) is 0 Å². The molecule has 0 saturated carbocycles. The summed E-state index contributed by atoms with van der Waals surface area (Å²) in [6.07, 6.45) is 2.81. The molecule has 3 heterocycles. The van der Waals surface area contributed by atoms with Gasteiger partial charge in [0.05, 0.1) is 11.9 Å². The van der Waals surface area contributed by atoms with Gasteiger partial charge >= 0.3 is 0 Å². The lowest BCUT2D eigenvalue weighted by atomic mass is 9.85. The summed E-state index contributed by atoms with van der Waals surface area (Å²) in [6.45, 7) is 3.05. The molecule has 0 aliphatic carbocycles. The van der Waals surface area contributed by atoms with Gasteiger partial charge in [0, 0.05) is 25.2 Å². The number of anilines is 1. The zero-order chi connectivity index (χ0) is 11.1. The van der Waals surface area contributed by atoms with Crippen LogP contribution in [0.15, 0.2) is 12.3 Å². The van der Waals surface area contributed by atoms with Gasteiger partial charge in [0.1, 0.15) is 0 Å². The van der Waals surface area contributed by atoms with Crippen LogP contribution in [-0.4, -0.2) is 30.7 Å². The molecule has 0 amide bonds. The molecule has 86 valence electrons. The van der Waals surface area contributed by atoms with Crippen molar-refractivity contribution in [2.75, 3.05) is 24.5 Å². The van der Waals surface area contributed by atoms with Gasteiger partial charge in [0.2, 0.25) is 0 Å². The topological polar surface area (TPSA) is 28.2 Å². The number of rotatable bonds is 1. The van der Waals surface area contributed by atoms with Crippen LogP contribution in [0.4, 0.5) is 10.1 Å². The third-order valence-corrected chi connectivity index (χ3v) is 3.82. The first-order valence-electron chi connectivity index (χ1n) is 5.53. The monoisotopic (exact) mass is 241 g/mol. The fraction of sp³-hybridized carbons (Fsp3) is 0.545. The minimum absolute atomic E-state index is 0.0552. The molecule has 2 unspecified atom stereocenters. The van der Waals surface area contributed by atoms with E-state index < -0.39 is 5.82 Å². The molecule has 2 atom stereocenters. The molecule has 2 aliphatic rings. The minimum Gasteiger partial charge on any atom is -0.369 e. The van der Waals surface area contributed by atoms with Crippen molar-refractivity contribution in [3.8, 4) is 0 Å². The number of pyridine rings is 1. The number of halogens is 2. The summed E-state index contributed by atoms with van der Waals surface area (Å²) in [5, 5.41) is 3.34. The van der Waals surface area contributed by atoms with Crippen molar-refractivity contribution >= 4 is 17.3 Å². The molecule has 0 radical (unpaired) electrons. The maximum absolute atomic E-state index is 13.3. The van der Waals surface area contributed by atoms with Crippen LogP contribution in [0, 0.1) is 11.7 Å². The van der Waals surface area contributed by atoms with Crippen LogP contribution in [0.25, 0.3) is 0 Å². The molecule has 0 aromatic carbocycles. The zero-order valence-corrected chi connectivity index (χ0v) is 9.54. The van der Waals surface area contributed by atoms with Crippen LogP contribution in [-0.2, 0) is 0 Å². The summed E-state index contributed by atoms with van der Waals surface area (Å²) >= 11 is 5.57. The maximum Gasteiger partial charge on any atom is 0.164 e. The summed E-state index contributed by atoms with van der Waals surface area (Å²) in [6, 6.07) is 2.03. The number of nitrogens with one attached hydrogen (secondary N) is 1. The molecule has 0 spiro atoms. The van der Waals surface area contributed by atoms with Gasteiger partial charge in [0.15, 0.2) is 11.0 Å². The third-order valence-electron chi connectivity index (χ3n) is 3.55. The molecule has 2 saturated heterocycles. The highest BCUT2D eigenvalue weighted by Gasteiger charge is 2.35. The summed E-state index contributed by atoms with van der Waals surface area (Å²) in [7, 11) is 0. The number of aromatic nitrogens is 1. The highest BCUT2D eigenvalue weighted by molar-refractivity contribution is 6.29. The van der Waals surface area contributed by atoms with Crippen molar-refractivity contribution in [1.29, 1.82) is 0 Å². The number of hydrogen-bond donors (Lipinski definition) is 1. The molecule has 3 rings (SSSR count). The van der Waals surface area contributed by atoms with Crippen LogP contribution >= 0.6 is 11.6 Å². The number of fused-ring (bicyclic) bond motifs is 1. The van der Waals surface area contributed by atoms with E-state index in [4.69, 9.17) is 11.6 Å². The molecule has 5 heteroatoms. The zero-order valence-electron chi connectivity index (χ0n) is 8.79. The average molecular weight is 242 g/mol. The smallest absolute Gasteiger partial charge is 0.164 e. The van der Waals surface area contributed by atoms with E-state index in [1.54, 1.807) is 6.20 Å². The van der Waals surface area contributed by atoms with Crippen molar-refractivity contribution < 1.29 is 4.39 Å². The van der Waals surface area contributed by atoms with E-state index in [1.807, 2.05) is 0 Å². The summed E-state index contributed by atoms with van der Waals surface area (Å²) in [4.78, 5) is 6.01. The molecular formula is C11H13ClFN3. The van der Waals surface area contributed by atoms with Gasteiger partial charge in [-0.15, -0.1) is 0 Å². The first-order chi connectivity index (χ1) is 7.74. The quantitative estimate of drug-likeness (QED) is 0.759. The SMILES string of the molecule is Fc1cc(N2CCC3CNC3C2)cnc1Cl. The van der Waals surface area contributed by atoms with E-state index in [2.05, 4.69) is 15.2 Å². The standard InChI is InChI=1S/C11H13ClFN3/c12-11-9(13)3-8(5-15-11)16-2-1-7-4-14-10(7)6-16/h3,5,7,10,14H,1-2,4,6H2. The molecule has 16 heavy (non-hydrogen) atoms. The van der Waals surface area contributed by atoms with Crippen molar-refractivity contribution in [1.82, 2.24) is 10.3 Å². The van der Waals surface area contributed by atoms with Crippen LogP contribution in [0.3, 0.4) is 0 Å². The molecule has 1 aromatic heterocycles. The van der Waals surface area contributed by atoms with Gasteiger partial charge in [-0.05, 0) is 18.9 Å². The number of piperidine rings is 1. The fourth-order valence-electron chi connectivity index (χ4n) is 2.44. The van der Waals surface area contributed by atoms with E-state index in [1.165, 1.54) is 12.5 Å². The highest BCUT2D eigenvalue weighted by Crippen LogP contribution is 2.28. The normalized spacial score (nSPS) is 28.5. The predicted octanol–water partition coefficient (Wildman–Crippen LogP) is 1.67. The Morgan fingerprint density at radius 1 is 1.56 bits per heavy atom. The highest BCUT2D eigenvalue weighted by atomic mass is 35.5. The minimum atomic E-state index is -0.442. The second kappa shape index (κ2) is 3.86. The Morgan fingerprint density at radius 3 is 3.06 bits per heavy atom. The molecule has 1 aromatic rings. The Bertz CT molecular complexity index is 412. The van der Waals surface area contributed by atoms with E-state index in [9.17, 15) is 4.39 Å². The Morgan fingerprint density at radius 2 is 2.44 bits per heavy atom. The van der Waals surface area contributed by atoms with Crippen molar-refractivity contribution in [3.63, 3.8) is 0 Å². The van der Waals surface area contributed by atoms with E-state index >= 15 is 0 Å². The summed E-state index contributed by atoms with van der Waals surface area (Å²) < 4.78 is 13.3. The van der Waals surface area contributed by atoms with Crippen molar-refractivity contribution in [2.24, 2.45) is 5.92 Å². The van der Waals surface area contributed by atoms with Crippen LogP contribution < -0.4 is 10.2 Å². The second-order valence-electron chi connectivity index (χ2n) is 4.48. The van der Waals surface area contributed by atoms with Crippen molar-refractivity contribution in [3.05, 3.63) is 23.2 Å². The molecule has 3 nitrogen and oxygen atoms in total. The lowest BCUT2D eigenvalue weighted by Crippen LogP contribution is -2.62. The Kier molecular flexibility index (Phi) is 2.48. The van der Waals surface area contributed by atoms with Gasteiger partial charge in [-0.2, -0.15) is 0 Å². The van der Waals surface area contributed by atoms with Crippen LogP contribution in [0.2, 0.25) is 5.15 Å². The first kappa shape index (κ1) is 10.3. The molecule has 2 fully saturated rings. The largest absolute Gasteiger partial charge is 0.369 e.